The van der Waals surface area contributed by atoms with Gasteiger partial charge in [0.15, 0.2) is 0 Å². The molecule has 3 nitrogen and oxygen atoms in total. The molecule has 2 saturated heterocycles. The van der Waals surface area contributed by atoms with E-state index in [0.29, 0.717) is 5.41 Å². The molecule has 1 spiro atoms. The molecular formula is C19H28N2O. The molecule has 3 rings (SSSR count). The van der Waals surface area contributed by atoms with Gasteiger partial charge >= 0.3 is 0 Å². The van der Waals surface area contributed by atoms with Crippen LogP contribution in [0.1, 0.15) is 24.8 Å². The van der Waals surface area contributed by atoms with Gasteiger partial charge in [-0.05, 0) is 69.1 Å². The SMILES string of the molecule is COc1ccc(/C=C/CN2CCC3(CCN(C)C3)CC2)cc1. The van der Waals surface area contributed by atoms with E-state index in [1.165, 1.54) is 51.0 Å². The van der Waals surface area contributed by atoms with Gasteiger partial charge in [0.2, 0.25) is 0 Å². The summed E-state index contributed by atoms with van der Waals surface area (Å²) in [6.45, 7) is 6.17. The van der Waals surface area contributed by atoms with Crippen molar-refractivity contribution < 1.29 is 4.74 Å². The average molecular weight is 300 g/mol. The molecule has 0 amide bonds. The van der Waals surface area contributed by atoms with Gasteiger partial charge in [-0.1, -0.05) is 24.3 Å². The first kappa shape index (κ1) is 15.6. The van der Waals surface area contributed by atoms with Crippen LogP contribution in [0.5, 0.6) is 5.75 Å². The van der Waals surface area contributed by atoms with Crippen molar-refractivity contribution in [2.75, 3.05) is 46.9 Å². The Morgan fingerprint density at radius 3 is 2.36 bits per heavy atom. The van der Waals surface area contributed by atoms with E-state index < -0.39 is 0 Å². The number of methoxy groups -OCH3 is 1. The summed E-state index contributed by atoms with van der Waals surface area (Å²) in [6, 6.07) is 8.24. The van der Waals surface area contributed by atoms with Gasteiger partial charge in [0.1, 0.15) is 5.75 Å². The summed E-state index contributed by atoms with van der Waals surface area (Å²) in [4.78, 5) is 5.09. The monoisotopic (exact) mass is 300 g/mol. The number of piperidine rings is 1. The number of benzene rings is 1. The van der Waals surface area contributed by atoms with Gasteiger partial charge in [-0.15, -0.1) is 0 Å². The summed E-state index contributed by atoms with van der Waals surface area (Å²) in [5.41, 5.74) is 1.87. The maximum atomic E-state index is 5.19. The smallest absolute Gasteiger partial charge is 0.118 e. The maximum absolute atomic E-state index is 5.19. The van der Waals surface area contributed by atoms with Crippen LogP contribution in [0, 0.1) is 5.41 Å². The normalized spacial score (nSPS) is 22.6. The van der Waals surface area contributed by atoms with Crippen LogP contribution in [0.3, 0.4) is 0 Å². The highest BCUT2D eigenvalue weighted by atomic mass is 16.5. The van der Waals surface area contributed by atoms with Crippen molar-refractivity contribution in [1.82, 2.24) is 9.80 Å². The molecule has 120 valence electrons. The molecular weight excluding hydrogens is 272 g/mol. The zero-order valence-corrected chi connectivity index (χ0v) is 13.9. The molecule has 22 heavy (non-hydrogen) atoms. The summed E-state index contributed by atoms with van der Waals surface area (Å²) in [7, 11) is 3.97. The van der Waals surface area contributed by atoms with E-state index in [4.69, 9.17) is 4.74 Å². The lowest BCUT2D eigenvalue weighted by Gasteiger charge is -2.38. The zero-order chi connectivity index (χ0) is 15.4. The Kier molecular flexibility index (Phi) is 4.84. The van der Waals surface area contributed by atoms with Gasteiger partial charge in [0.05, 0.1) is 7.11 Å². The van der Waals surface area contributed by atoms with Crippen molar-refractivity contribution in [3.05, 3.63) is 35.9 Å². The van der Waals surface area contributed by atoms with E-state index >= 15 is 0 Å². The molecule has 1 aromatic rings. The number of nitrogens with zero attached hydrogens (tertiary/aromatic N) is 2. The van der Waals surface area contributed by atoms with E-state index in [-0.39, 0.29) is 0 Å². The zero-order valence-electron chi connectivity index (χ0n) is 13.9. The van der Waals surface area contributed by atoms with E-state index in [0.717, 1.165) is 12.3 Å². The molecule has 0 unspecified atom stereocenters. The third-order valence-corrected chi connectivity index (χ3v) is 5.34. The van der Waals surface area contributed by atoms with Crippen LogP contribution in [0.2, 0.25) is 0 Å². The van der Waals surface area contributed by atoms with E-state index in [1.54, 1.807) is 7.11 Å². The third-order valence-electron chi connectivity index (χ3n) is 5.34. The molecule has 0 atom stereocenters. The molecule has 0 radical (unpaired) electrons. The predicted molar refractivity (Wildman–Crippen MR) is 92.2 cm³/mol. The highest BCUT2D eigenvalue weighted by Crippen LogP contribution is 2.39. The minimum atomic E-state index is 0.630. The first-order chi connectivity index (χ1) is 10.7. The molecule has 1 aromatic carbocycles. The van der Waals surface area contributed by atoms with E-state index in [1.807, 2.05) is 12.1 Å². The minimum Gasteiger partial charge on any atom is -0.497 e. The van der Waals surface area contributed by atoms with Crippen molar-refractivity contribution >= 4 is 6.08 Å². The van der Waals surface area contributed by atoms with Gasteiger partial charge in [-0.2, -0.15) is 0 Å². The second-order valence-electron chi connectivity index (χ2n) is 6.96. The molecule has 0 N–H and O–H groups in total. The van der Waals surface area contributed by atoms with Crippen LogP contribution in [-0.2, 0) is 0 Å². The van der Waals surface area contributed by atoms with Crippen molar-refractivity contribution in [3.63, 3.8) is 0 Å². The predicted octanol–water partition coefficient (Wildman–Crippen LogP) is 3.13. The summed E-state index contributed by atoms with van der Waals surface area (Å²) in [5, 5.41) is 0. The quantitative estimate of drug-likeness (QED) is 0.849. The fraction of sp³-hybridized carbons (Fsp3) is 0.579. The fourth-order valence-corrected chi connectivity index (χ4v) is 3.83. The van der Waals surface area contributed by atoms with Crippen molar-refractivity contribution in [2.24, 2.45) is 5.41 Å². The Balaban J connectivity index is 1.45. The highest BCUT2D eigenvalue weighted by molar-refractivity contribution is 5.50. The second-order valence-corrected chi connectivity index (χ2v) is 6.96. The number of rotatable bonds is 4. The second kappa shape index (κ2) is 6.84. The summed E-state index contributed by atoms with van der Waals surface area (Å²) >= 11 is 0. The van der Waals surface area contributed by atoms with Crippen molar-refractivity contribution in [3.8, 4) is 5.75 Å². The average Bonchev–Trinajstić information content (AvgIpc) is 2.91. The highest BCUT2D eigenvalue weighted by Gasteiger charge is 2.38. The number of likely N-dealkylation sites (tertiary alicyclic amines) is 2. The van der Waals surface area contributed by atoms with Crippen LogP contribution in [-0.4, -0.2) is 56.7 Å². The largest absolute Gasteiger partial charge is 0.497 e. The first-order valence-corrected chi connectivity index (χ1v) is 8.41. The van der Waals surface area contributed by atoms with Gasteiger partial charge < -0.3 is 9.64 Å². The molecule has 2 aliphatic rings. The van der Waals surface area contributed by atoms with Crippen LogP contribution in [0.25, 0.3) is 6.08 Å². The van der Waals surface area contributed by atoms with Crippen LogP contribution >= 0.6 is 0 Å². The Labute approximate surface area is 134 Å². The van der Waals surface area contributed by atoms with Crippen LogP contribution < -0.4 is 4.74 Å². The van der Waals surface area contributed by atoms with Gasteiger partial charge in [0.25, 0.3) is 0 Å². The lowest BCUT2D eigenvalue weighted by molar-refractivity contribution is 0.119. The van der Waals surface area contributed by atoms with Crippen LogP contribution in [0.4, 0.5) is 0 Å². The van der Waals surface area contributed by atoms with E-state index in [2.05, 4.69) is 41.1 Å². The Morgan fingerprint density at radius 1 is 1.09 bits per heavy atom. The molecule has 3 heteroatoms. The molecule has 0 aromatic heterocycles. The molecule has 0 saturated carbocycles. The fourth-order valence-electron chi connectivity index (χ4n) is 3.83. The molecule has 2 fully saturated rings. The minimum absolute atomic E-state index is 0.630. The van der Waals surface area contributed by atoms with E-state index in [9.17, 15) is 0 Å². The van der Waals surface area contributed by atoms with Crippen LogP contribution in [0.15, 0.2) is 30.3 Å². The molecule has 2 aliphatic heterocycles. The first-order valence-electron chi connectivity index (χ1n) is 8.41. The topological polar surface area (TPSA) is 15.7 Å². The van der Waals surface area contributed by atoms with Gasteiger partial charge in [-0.3, -0.25) is 4.90 Å². The van der Waals surface area contributed by atoms with Crippen molar-refractivity contribution in [1.29, 1.82) is 0 Å². The number of ether oxygens (including phenoxy) is 1. The van der Waals surface area contributed by atoms with Gasteiger partial charge in [0, 0.05) is 13.1 Å². The lowest BCUT2D eigenvalue weighted by atomic mass is 9.78. The van der Waals surface area contributed by atoms with Gasteiger partial charge in [-0.25, -0.2) is 0 Å². The molecule has 0 bridgehead atoms. The Hall–Kier alpha value is -1.32. The molecule has 0 aliphatic carbocycles. The summed E-state index contributed by atoms with van der Waals surface area (Å²) in [6.07, 6.45) is 8.65. The number of hydrogen-bond donors (Lipinski definition) is 0. The summed E-state index contributed by atoms with van der Waals surface area (Å²) in [5.74, 6) is 0.917. The lowest BCUT2D eigenvalue weighted by Crippen LogP contribution is -2.41. The summed E-state index contributed by atoms with van der Waals surface area (Å²) < 4.78 is 5.19. The Bertz CT molecular complexity index is 501. The standard InChI is InChI=1S/C19H28N2O/c1-20-13-9-19(16-20)10-14-21(15-11-19)12-3-4-17-5-7-18(22-2)8-6-17/h3-8H,9-16H2,1-2H3/b4-3+. The van der Waals surface area contributed by atoms with Crippen molar-refractivity contribution in [2.45, 2.75) is 19.3 Å². The maximum Gasteiger partial charge on any atom is 0.118 e. The third kappa shape index (κ3) is 3.71. The number of hydrogen-bond acceptors (Lipinski definition) is 3. The Morgan fingerprint density at radius 2 is 1.77 bits per heavy atom. The molecule has 2 heterocycles.